The smallest absolute Gasteiger partial charge is 0.235 e. The molecule has 3 aliphatic heterocycles. The van der Waals surface area contributed by atoms with Crippen molar-refractivity contribution in [1.29, 1.82) is 0 Å². The number of ketones is 1. The van der Waals surface area contributed by atoms with Gasteiger partial charge in [0.25, 0.3) is 0 Å². The molecule has 0 amide bonds. The minimum Gasteiger partial charge on any atom is -0.507 e. The van der Waals surface area contributed by atoms with Crippen molar-refractivity contribution < 1.29 is 74.4 Å². The van der Waals surface area contributed by atoms with Gasteiger partial charge >= 0.3 is 0 Å². The highest BCUT2D eigenvalue weighted by Gasteiger charge is 2.51. The molecular formula is C27H30O15. The normalized spacial score (nSPS) is 35.6. The first-order chi connectivity index (χ1) is 19.9. The minimum absolute atomic E-state index is 0.117. The van der Waals surface area contributed by atoms with Crippen LogP contribution in [0, 0.1) is 0 Å². The predicted octanol–water partition coefficient (Wildman–Crippen LogP) is -1.55. The Morgan fingerprint density at radius 1 is 0.833 bits per heavy atom. The molecular weight excluding hydrogens is 564 g/mol. The predicted molar refractivity (Wildman–Crippen MR) is 136 cm³/mol. The van der Waals surface area contributed by atoms with Crippen LogP contribution in [0.1, 0.15) is 22.8 Å². The molecule has 15 heteroatoms. The molecule has 10 atom stereocenters. The number of hydrogen-bond donors (Lipinski definition) is 9. The summed E-state index contributed by atoms with van der Waals surface area (Å²) in [5.41, 5.74) is 0.118. The Morgan fingerprint density at radius 3 is 2.26 bits per heavy atom. The molecule has 228 valence electrons. The molecule has 2 fully saturated rings. The lowest BCUT2D eigenvalue weighted by atomic mass is 9.97. The number of ether oxygens (including phenoxy) is 5. The third kappa shape index (κ3) is 5.49. The number of carbonyl (C=O) groups is 1. The summed E-state index contributed by atoms with van der Waals surface area (Å²) in [6.45, 7) is 0.680. The van der Waals surface area contributed by atoms with Gasteiger partial charge in [-0.25, -0.2) is 0 Å². The van der Waals surface area contributed by atoms with E-state index in [1.165, 1.54) is 37.3 Å². The molecule has 9 N–H and O–H groups in total. The maximum atomic E-state index is 12.9. The highest BCUT2D eigenvalue weighted by atomic mass is 16.8. The van der Waals surface area contributed by atoms with Gasteiger partial charge in [-0.3, -0.25) is 4.79 Å². The van der Waals surface area contributed by atoms with Crippen molar-refractivity contribution >= 4 is 11.9 Å². The van der Waals surface area contributed by atoms with E-state index in [2.05, 4.69) is 0 Å². The van der Waals surface area contributed by atoms with Crippen LogP contribution in [0.4, 0.5) is 0 Å². The van der Waals surface area contributed by atoms with Gasteiger partial charge in [0.15, 0.2) is 29.7 Å². The van der Waals surface area contributed by atoms with E-state index in [9.17, 15) is 50.8 Å². The molecule has 3 heterocycles. The number of aliphatic hydroxyl groups excluding tert-OH is 6. The van der Waals surface area contributed by atoms with Crippen molar-refractivity contribution in [2.45, 2.75) is 68.3 Å². The van der Waals surface area contributed by atoms with E-state index in [1.807, 2.05) is 0 Å². The minimum atomic E-state index is -1.77. The van der Waals surface area contributed by atoms with Crippen molar-refractivity contribution in [2.75, 3.05) is 6.61 Å². The van der Waals surface area contributed by atoms with Gasteiger partial charge in [-0.15, -0.1) is 0 Å². The van der Waals surface area contributed by atoms with E-state index in [1.54, 1.807) is 0 Å². The molecule has 2 aromatic carbocycles. The Labute approximate surface area is 237 Å². The molecule has 0 saturated carbocycles. The lowest BCUT2D eigenvalue weighted by molar-refractivity contribution is -0.354. The summed E-state index contributed by atoms with van der Waals surface area (Å²) in [4.78, 5) is 12.9. The van der Waals surface area contributed by atoms with Gasteiger partial charge in [0.1, 0.15) is 59.4 Å². The zero-order valence-electron chi connectivity index (χ0n) is 21.9. The van der Waals surface area contributed by atoms with Crippen molar-refractivity contribution in [3.63, 3.8) is 0 Å². The molecule has 0 aromatic heterocycles. The SMILES string of the molecule is C[C@@H]1O[C@@H](O[C@H]2[C@H](Oc3cc(O)c4c(c3)O/C(=C\c3ccc(O)c(O)c3)C4=O)O[C@H](CO)[C@@H](O)[C@@H]2O)[C@H](O)[C@H](O)[C@H]1O. The van der Waals surface area contributed by atoms with Gasteiger partial charge in [-0.1, -0.05) is 6.07 Å². The van der Waals surface area contributed by atoms with Crippen molar-refractivity contribution in [2.24, 2.45) is 0 Å². The van der Waals surface area contributed by atoms with Crippen LogP contribution in [0.2, 0.25) is 0 Å². The first kappa shape index (κ1) is 30.0. The summed E-state index contributed by atoms with van der Waals surface area (Å²) < 4.78 is 28.0. The second-order valence-electron chi connectivity index (χ2n) is 10.1. The van der Waals surface area contributed by atoms with E-state index in [0.717, 1.165) is 6.07 Å². The largest absolute Gasteiger partial charge is 0.507 e. The molecule has 0 bridgehead atoms. The van der Waals surface area contributed by atoms with Crippen molar-refractivity contribution in [3.8, 4) is 28.7 Å². The van der Waals surface area contributed by atoms with Crippen LogP contribution in [0.5, 0.6) is 28.7 Å². The van der Waals surface area contributed by atoms with E-state index in [0.29, 0.717) is 5.56 Å². The molecule has 0 aliphatic carbocycles. The van der Waals surface area contributed by atoms with Gasteiger partial charge in [0.2, 0.25) is 12.1 Å². The topological polar surface area (TPSA) is 245 Å². The fraction of sp³-hybridized carbons (Fsp3) is 0.444. The van der Waals surface area contributed by atoms with Gasteiger partial charge in [-0.2, -0.15) is 0 Å². The number of phenols is 3. The fourth-order valence-corrected chi connectivity index (χ4v) is 4.83. The Balaban J connectivity index is 1.40. The van der Waals surface area contributed by atoms with Crippen LogP contribution in [-0.2, 0) is 14.2 Å². The second kappa shape index (κ2) is 11.6. The number of phenolic OH excluding ortho intramolecular Hbond substituents is 3. The first-order valence-electron chi connectivity index (χ1n) is 12.9. The Bertz CT molecular complexity index is 1360. The van der Waals surface area contributed by atoms with E-state index >= 15 is 0 Å². The summed E-state index contributed by atoms with van der Waals surface area (Å²) in [7, 11) is 0. The first-order valence-corrected chi connectivity index (χ1v) is 12.9. The van der Waals surface area contributed by atoms with Crippen LogP contribution in [0.25, 0.3) is 6.08 Å². The van der Waals surface area contributed by atoms with Crippen LogP contribution in [0.15, 0.2) is 36.1 Å². The number of carbonyl (C=O) groups excluding carboxylic acids is 1. The summed E-state index contributed by atoms with van der Waals surface area (Å²) in [6.07, 6.45) is -14.2. The number of rotatable bonds is 6. The monoisotopic (exact) mass is 594 g/mol. The number of allylic oxidation sites excluding steroid dienone is 1. The molecule has 42 heavy (non-hydrogen) atoms. The maximum Gasteiger partial charge on any atom is 0.235 e. The third-order valence-corrected chi connectivity index (χ3v) is 7.20. The summed E-state index contributed by atoms with van der Waals surface area (Å²) in [5.74, 6) is -2.50. The van der Waals surface area contributed by atoms with E-state index < -0.39 is 85.3 Å². The quantitative estimate of drug-likeness (QED) is 0.136. The Morgan fingerprint density at radius 2 is 1.57 bits per heavy atom. The van der Waals surface area contributed by atoms with E-state index in [4.69, 9.17) is 23.7 Å². The number of Topliss-reactive ketones (excluding diaryl/α,β-unsaturated/α-hetero) is 1. The molecule has 2 saturated heterocycles. The Hall–Kier alpha value is -3.51. The zero-order chi connectivity index (χ0) is 30.5. The van der Waals surface area contributed by atoms with Gasteiger partial charge in [0.05, 0.1) is 12.7 Å². The van der Waals surface area contributed by atoms with Crippen LogP contribution >= 0.6 is 0 Å². The summed E-state index contributed by atoms with van der Waals surface area (Å²) >= 11 is 0. The van der Waals surface area contributed by atoms with Crippen molar-refractivity contribution in [1.82, 2.24) is 0 Å². The molecule has 2 aromatic rings. The average Bonchev–Trinajstić information content (AvgIpc) is 3.26. The van der Waals surface area contributed by atoms with Gasteiger partial charge in [-0.05, 0) is 30.7 Å². The lowest BCUT2D eigenvalue weighted by Crippen LogP contribution is -2.64. The molecule has 3 aliphatic rings. The lowest BCUT2D eigenvalue weighted by Gasteiger charge is -2.45. The zero-order valence-corrected chi connectivity index (χ0v) is 21.9. The highest BCUT2D eigenvalue weighted by Crippen LogP contribution is 2.42. The Kier molecular flexibility index (Phi) is 8.30. The number of benzene rings is 2. The highest BCUT2D eigenvalue weighted by molar-refractivity contribution is 6.16. The molecule has 15 nitrogen and oxygen atoms in total. The number of aliphatic hydroxyl groups is 6. The van der Waals surface area contributed by atoms with Gasteiger partial charge in [0, 0.05) is 12.1 Å². The number of aromatic hydroxyl groups is 3. The summed E-state index contributed by atoms with van der Waals surface area (Å²) in [5, 5.41) is 91.2. The molecule has 0 unspecified atom stereocenters. The second-order valence-corrected chi connectivity index (χ2v) is 10.1. The number of fused-ring (bicyclic) bond motifs is 1. The number of hydrogen-bond acceptors (Lipinski definition) is 15. The standard InChI is InChI=1S/C27H30O15/c1-9-19(32)22(35)24(37)26(38-9)42-25-23(36)21(34)17(8-28)41-27(25)39-11-6-14(31)18-15(7-11)40-16(20(18)33)5-10-2-3-12(29)13(30)4-10/h2-7,9,17,19,21-32,34-37H,8H2,1H3/b16-5-/t9-,17+,19-,21+,22+,23-,24+,25+,26-,27+/m0/s1. The van der Waals surface area contributed by atoms with Crippen LogP contribution < -0.4 is 9.47 Å². The third-order valence-electron chi connectivity index (χ3n) is 7.20. The van der Waals surface area contributed by atoms with Gasteiger partial charge < -0.3 is 69.6 Å². The van der Waals surface area contributed by atoms with E-state index in [-0.39, 0.29) is 28.6 Å². The fourth-order valence-electron chi connectivity index (χ4n) is 4.83. The molecule has 0 radical (unpaired) electrons. The van der Waals surface area contributed by atoms with Crippen molar-refractivity contribution in [3.05, 3.63) is 47.2 Å². The van der Waals surface area contributed by atoms with Crippen LogP contribution in [-0.4, -0.2) is 120 Å². The molecule has 5 rings (SSSR count). The van der Waals surface area contributed by atoms with Crippen LogP contribution in [0.3, 0.4) is 0 Å². The molecule has 0 spiro atoms. The summed E-state index contributed by atoms with van der Waals surface area (Å²) in [6, 6.07) is 6.10. The average molecular weight is 595 g/mol. The maximum absolute atomic E-state index is 12.9.